The van der Waals surface area contributed by atoms with Crippen LogP contribution in [0.1, 0.15) is 15.9 Å². The van der Waals surface area contributed by atoms with Gasteiger partial charge in [-0.1, -0.05) is 29.8 Å². The number of carboxylic acid groups (broad SMARTS) is 1. The van der Waals surface area contributed by atoms with Crippen molar-refractivity contribution in [3.63, 3.8) is 0 Å². The Morgan fingerprint density at radius 2 is 1.91 bits per heavy atom. The summed E-state index contributed by atoms with van der Waals surface area (Å²) >= 11 is 0. The Morgan fingerprint density at radius 1 is 1.22 bits per heavy atom. The molecule has 2 heterocycles. The Hall–Kier alpha value is -3.22. The number of carboxylic acids is 1. The first-order valence-corrected chi connectivity index (χ1v) is 6.89. The quantitative estimate of drug-likeness (QED) is 0.794. The van der Waals surface area contributed by atoms with E-state index in [1.54, 1.807) is 13.2 Å². The van der Waals surface area contributed by atoms with Crippen molar-refractivity contribution < 1.29 is 9.90 Å². The molecule has 2 aromatic heterocycles. The van der Waals surface area contributed by atoms with Gasteiger partial charge in [0.25, 0.3) is 5.56 Å². The zero-order valence-electron chi connectivity index (χ0n) is 12.6. The second kappa shape index (κ2) is 5.53. The minimum absolute atomic E-state index is 0.334. The average Bonchev–Trinajstić information content (AvgIpc) is 2.94. The van der Waals surface area contributed by atoms with Crippen LogP contribution in [0.4, 0.5) is 0 Å². The van der Waals surface area contributed by atoms with E-state index in [0.29, 0.717) is 11.4 Å². The molecule has 0 saturated heterocycles. The van der Waals surface area contributed by atoms with Crippen LogP contribution in [0, 0.1) is 6.92 Å². The van der Waals surface area contributed by atoms with E-state index in [0.717, 1.165) is 15.8 Å². The van der Waals surface area contributed by atoms with E-state index in [4.69, 9.17) is 0 Å². The maximum Gasteiger partial charge on any atom is 0.341 e. The molecule has 0 aliphatic rings. The molecule has 0 aliphatic carbocycles. The van der Waals surface area contributed by atoms with E-state index in [9.17, 15) is 14.7 Å². The van der Waals surface area contributed by atoms with Gasteiger partial charge in [0.15, 0.2) is 0 Å². The van der Waals surface area contributed by atoms with Gasteiger partial charge in [-0.25, -0.2) is 4.79 Å². The number of aryl methyl sites for hydroxylation is 2. The van der Waals surface area contributed by atoms with Gasteiger partial charge in [-0.2, -0.15) is 14.9 Å². The van der Waals surface area contributed by atoms with Crippen LogP contribution >= 0.6 is 0 Å². The van der Waals surface area contributed by atoms with Crippen molar-refractivity contribution in [1.82, 2.24) is 19.6 Å². The highest BCUT2D eigenvalue weighted by Gasteiger charge is 2.17. The topological polar surface area (TPSA) is 90.0 Å². The van der Waals surface area contributed by atoms with Crippen LogP contribution in [0.3, 0.4) is 0 Å². The number of hydrogen-bond acceptors (Lipinski definition) is 4. The summed E-state index contributed by atoms with van der Waals surface area (Å²) in [7, 11) is 1.70. The lowest BCUT2D eigenvalue weighted by Crippen LogP contribution is -2.27. The highest BCUT2D eigenvalue weighted by molar-refractivity contribution is 5.88. The Balaban J connectivity index is 2.25. The molecule has 0 spiro atoms. The van der Waals surface area contributed by atoms with Gasteiger partial charge in [0.1, 0.15) is 11.3 Å². The van der Waals surface area contributed by atoms with Gasteiger partial charge in [-0.3, -0.25) is 9.48 Å². The molecule has 23 heavy (non-hydrogen) atoms. The van der Waals surface area contributed by atoms with E-state index in [-0.39, 0.29) is 5.56 Å². The summed E-state index contributed by atoms with van der Waals surface area (Å²) in [5.74, 6) is -1.29. The third-order valence-electron chi connectivity index (χ3n) is 3.43. The zero-order chi connectivity index (χ0) is 16.6. The maximum absolute atomic E-state index is 12.3. The summed E-state index contributed by atoms with van der Waals surface area (Å²) < 4.78 is 2.58. The van der Waals surface area contributed by atoms with Crippen molar-refractivity contribution in [2.24, 2.45) is 7.05 Å². The SMILES string of the molecule is Cc1ccc(-c2cc(C(=O)O)c(=O)n(-c3cnn(C)c3)n2)cc1. The fourth-order valence-electron chi connectivity index (χ4n) is 2.21. The molecule has 7 heteroatoms. The number of carbonyl (C=O) groups is 1. The number of rotatable bonds is 3. The van der Waals surface area contributed by atoms with Crippen LogP contribution in [0.2, 0.25) is 0 Å². The van der Waals surface area contributed by atoms with Crippen molar-refractivity contribution in [3.8, 4) is 16.9 Å². The van der Waals surface area contributed by atoms with Crippen molar-refractivity contribution in [1.29, 1.82) is 0 Å². The number of aromatic carboxylic acids is 1. The highest BCUT2D eigenvalue weighted by atomic mass is 16.4. The third-order valence-corrected chi connectivity index (χ3v) is 3.43. The summed E-state index contributed by atoms with van der Waals surface area (Å²) in [6.45, 7) is 1.95. The Bertz CT molecular complexity index is 939. The zero-order valence-corrected chi connectivity index (χ0v) is 12.6. The molecule has 0 bridgehead atoms. The molecule has 0 saturated carbocycles. The van der Waals surface area contributed by atoms with E-state index < -0.39 is 11.5 Å². The first kappa shape index (κ1) is 14.7. The van der Waals surface area contributed by atoms with Gasteiger partial charge in [0.05, 0.1) is 18.1 Å². The van der Waals surface area contributed by atoms with Crippen LogP contribution in [0.25, 0.3) is 16.9 Å². The highest BCUT2D eigenvalue weighted by Crippen LogP contribution is 2.18. The van der Waals surface area contributed by atoms with Crippen LogP contribution < -0.4 is 5.56 Å². The average molecular weight is 310 g/mol. The first-order valence-electron chi connectivity index (χ1n) is 6.89. The molecule has 0 atom stereocenters. The van der Waals surface area contributed by atoms with Gasteiger partial charge < -0.3 is 5.11 Å². The lowest BCUT2D eigenvalue weighted by molar-refractivity contribution is 0.0694. The van der Waals surface area contributed by atoms with Crippen molar-refractivity contribution >= 4 is 5.97 Å². The minimum atomic E-state index is -1.29. The van der Waals surface area contributed by atoms with Gasteiger partial charge in [0, 0.05) is 12.6 Å². The number of aromatic nitrogens is 4. The van der Waals surface area contributed by atoms with Crippen LogP contribution in [0.5, 0.6) is 0 Å². The molecular weight excluding hydrogens is 296 g/mol. The first-order chi connectivity index (χ1) is 11.0. The normalized spacial score (nSPS) is 10.7. The Labute approximate surface area is 131 Å². The number of nitrogens with zero attached hydrogens (tertiary/aromatic N) is 4. The van der Waals surface area contributed by atoms with Gasteiger partial charge in [-0.05, 0) is 13.0 Å². The summed E-state index contributed by atoms with van der Waals surface area (Å²) in [4.78, 5) is 23.7. The minimum Gasteiger partial charge on any atom is -0.477 e. The molecule has 0 aliphatic heterocycles. The van der Waals surface area contributed by atoms with E-state index in [2.05, 4.69) is 10.2 Å². The smallest absolute Gasteiger partial charge is 0.341 e. The van der Waals surface area contributed by atoms with Crippen LogP contribution in [-0.2, 0) is 7.05 Å². The Morgan fingerprint density at radius 3 is 2.48 bits per heavy atom. The second-order valence-electron chi connectivity index (χ2n) is 5.20. The van der Waals surface area contributed by atoms with Gasteiger partial charge in [0.2, 0.25) is 0 Å². The fourth-order valence-corrected chi connectivity index (χ4v) is 2.21. The molecule has 3 aromatic rings. The summed E-state index contributed by atoms with van der Waals surface area (Å²) in [6.07, 6.45) is 3.05. The molecule has 0 unspecified atom stereocenters. The predicted octanol–water partition coefficient (Wildman–Crippen LogP) is 1.64. The molecule has 116 valence electrons. The number of hydrogen-bond donors (Lipinski definition) is 1. The molecule has 0 fully saturated rings. The monoisotopic (exact) mass is 310 g/mol. The summed E-state index contributed by atoms with van der Waals surface area (Å²) in [6, 6.07) is 8.76. The van der Waals surface area contributed by atoms with Gasteiger partial charge >= 0.3 is 5.97 Å². The molecule has 0 amide bonds. The largest absolute Gasteiger partial charge is 0.477 e. The fraction of sp³-hybridized carbons (Fsp3) is 0.125. The van der Waals surface area contributed by atoms with Crippen LogP contribution in [-0.4, -0.2) is 30.6 Å². The lowest BCUT2D eigenvalue weighted by Gasteiger charge is -2.07. The second-order valence-corrected chi connectivity index (χ2v) is 5.20. The van der Waals surface area contributed by atoms with E-state index >= 15 is 0 Å². The predicted molar refractivity (Wildman–Crippen MR) is 83.7 cm³/mol. The maximum atomic E-state index is 12.3. The molecule has 1 aromatic carbocycles. The van der Waals surface area contributed by atoms with E-state index in [1.807, 2.05) is 31.2 Å². The molecule has 0 radical (unpaired) electrons. The van der Waals surface area contributed by atoms with Crippen molar-refractivity contribution in [2.45, 2.75) is 6.92 Å². The Kier molecular flexibility index (Phi) is 3.53. The third kappa shape index (κ3) is 2.76. The molecular formula is C16H14N4O3. The van der Waals surface area contributed by atoms with Crippen molar-refractivity contribution in [2.75, 3.05) is 0 Å². The standard InChI is InChI=1S/C16H14N4O3/c1-10-3-5-11(6-4-10)14-7-13(16(22)23)15(21)20(18-14)12-8-17-19(2)9-12/h3-9H,1-2H3,(H,22,23). The van der Waals surface area contributed by atoms with Gasteiger partial charge in [-0.15, -0.1) is 0 Å². The van der Waals surface area contributed by atoms with Crippen molar-refractivity contribution in [3.05, 3.63) is 64.2 Å². The summed E-state index contributed by atoms with van der Waals surface area (Å²) in [5.41, 5.74) is 1.60. The molecule has 3 rings (SSSR count). The van der Waals surface area contributed by atoms with E-state index in [1.165, 1.54) is 16.9 Å². The summed E-state index contributed by atoms with van der Waals surface area (Å²) in [5, 5.41) is 17.6. The van der Waals surface area contributed by atoms with Crippen LogP contribution in [0.15, 0.2) is 47.5 Å². The number of benzene rings is 1. The molecule has 1 N–H and O–H groups in total. The molecule has 7 nitrogen and oxygen atoms in total. The lowest BCUT2D eigenvalue weighted by atomic mass is 10.1.